The molecular weight excluding hydrogens is 402 g/mol. The molecule has 0 aliphatic heterocycles. The SMILES string of the molecule is COc1ccc2nc(NC(=O)c3cc(-c4cccs4)nc4ccccc34)sc2c1. The normalized spacial score (nSPS) is 11.1. The van der Waals surface area contributed by atoms with Crippen LogP contribution >= 0.6 is 22.7 Å². The lowest BCUT2D eigenvalue weighted by Gasteiger charge is -2.08. The number of hydrogen-bond acceptors (Lipinski definition) is 6. The second kappa shape index (κ2) is 7.27. The number of fused-ring (bicyclic) bond motifs is 2. The first-order valence-electron chi connectivity index (χ1n) is 8.91. The van der Waals surface area contributed by atoms with E-state index in [1.165, 1.54) is 11.3 Å². The van der Waals surface area contributed by atoms with E-state index in [1.54, 1.807) is 18.4 Å². The van der Waals surface area contributed by atoms with E-state index >= 15 is 0 Å². The summed E-state index contributed by atoms with van der Waals surface area (Å²) in [4.78, 5) is 23.4. The lowest BCUT2D eigenvalue weighted by atomic mass is 10.1. The van der Waals surface area contributed by atoms with Crippen molar-refractivity contribution >= 4 is 54.8 Å². The van der Waals surface area contributed by atoms with Crippen molar-refractivity contribution in [3.8, 4) is 16.3 Å². The fourth-order valence-corrected chi connectivity index (χ4v) is 4.74. The largest absolute Gasteiger partial charge is 0.497 e. The van der Waals surface area contributed by atoms with Crippen LogP contribution in [0.1, 0.15) is 10.4 Å². The highest BCUT2D eigenvalue weighted by molar-refractivity contribution is 7.22. The average Bonchev–Trinajstić information content (AvgIpc) is 3.42. The van der Waals surface area contributed by atoms with E-state index in [1.807, 2.05) is 66.0 Å². The number of ether oxygens (including phenoxy) is 1. The third-order valence-electron chi connectivity index (χ3n) is 4.55. The third kappa shape index (κ3) is 3.35. The molecule has 0 saturated carbocycles. The van der Waals surface area contributed by atoms with Gasteiger partial charge in [-0.1, -0.05) is 35.6 Å². The summed E-state index contributed by atoms with van der Waals surface area (Å²) in [5.41, 5.74) is 2.98. The summed E-state index contributed by atoms with van der Waals surface area (Å²) in [6.45, 7) is 0. The number of amides is 1. The molecule has 0 aliphatic rings. The summed E-state index contributed by atoms with van der Waals surface area (Å²) < 4.78 is 6.22. The number of thiazole rings is 1. The minimum Gasteiger partial charge on any atom is -0.497 e. The van der Waals surface area contributed by atoms with Crippen LogP contribution in [0.25, 0.3) is 31.7 Å². The molecule has 1 amide bonds. The molecule has 29 heavy (non-hydrogen) atoms. The zero-order valence-corrected chi connectivity index (χ0v) is 17.0. The van der Waals surface area contributed by atoms with Crippen LogP contribution in [0.4, 0.5) is 5.13 Å². The maximum atomic E-state index is 13.2. The molecule has 0 radical (unpaired) electrons. The molecular formula is C22H15N3O2S2. The lowest BCUT2D eigenvalue weighted by molar-refractivity contribution is 0.102. The highest BCUT2D eigenvalue weighted by Gasteiger charge is 2.16. The first-order valence-corrected chi connectivity index (χ1v) is 10.6. The predicted molar refractivity (Wildman–Crippen MR) is 119 cm³/mol. The van der Waals surface area contributed by atoms with Gasteiger partial charge in [-0.2, -0.15) is 0 Å². The van der Waals surface area contributed by atoms with Crippen molar-refractivity contribution in [1.82, 2.24) is 9.97 Å². The number of anilines is 1. The number of thiophene rings is 1. The van der Waals surface area contributed by atoms with E-state index in [9.17, 15) is 4.79 Å². The molecule has 0 bridgehead atoms. The summed E-state index contributed by atoms with van der Waals surface area (Å²) in [6.07, 6.45) is 0. The number of carbonyl (C=O) groups excluding carboxylic acids is 1. The van der Waals surface area contributed by atoms with Crippen LogP contribution in [-0.2, 0) is 0 Å². The van der Waals surface area contributed by atoms with Gasteiger partial charge in [-0.25, -0.2) is 9.97 Å². The van der Waals surface area contributed by atoms with E-state index in [0.717, 1.165) is 37.4 Å². The highest BCUT2D eigenvalue weighted by Crippen LogP contribution is 2.31. The Morgan fingerprint density at radius 1 is 1.00 bits per heavy atom. The average molecular weight is 418 g/mol. The summed E-state index contributed by atoms with van der Waals surface area (Å²) in [6, 6.07) is 19.2. The first kappa shape index (κ1) is 17.8. The van der Waals surface area contributed by atoms with Crippen molar-refractivity contribution in [3.05, 3.63) is 71.6 Å². The van der Waals surface area contributed by atoms with Crippen LogP contribution in [0.15, 0.2) is 66.0 Å². The number of nitrogens with zero attached hydrogens (tertiary/aromatic N) is 2. The first-order chi connectivity index (χ1) is 14.2. The summed E-state index contributed by atoms with van der Waals surface area (Å²) in [7, 11) is 1.63. The van der Waals surface area contributed by atoms with Crippen molar-refractivity contribution in [2.45, 2.75) is 0 Å². The van der Waals surface area contributed by atoms with Crippen LogP contribution in [0.3, 0.4) is 0 Å². The van der Waals surface area contributed by atoms with Gasteiger partial charge < -0.3 is 4.74 Å². The molecule has 1 N–H and O–H groups in total. The quantitative estimate of drug-likeness (QED) is 0.399. The van der Waals surface area contributed by atoms with E-state index in [-0.39, 0.29) is 5.91 Å². The van der Waals surface area contributed by atoms with Crippen molar-refractivity contribution in [2.75, 3.05) is 12.4 Å². The topological polar surface area (TPSA) is 64.1 Å². The summed E-state index contributed by atoms with van der Waals surface area (Å²) in [5.74, 6) is 0.562. The minimum atomic E-state index is -0.201. The van der Waals surface area contributed by atoms with Crippen LogP contribution in [0.2, 0.25) is 0 Å². The number of carbonyl (C=O) groups is 1. The number of nitrogens with one attached hydrogen (secondary N) is 1. The Labute approximate surface area is 174 Å². The van der Waals surface area contributed by atoms with E-state index in [2.05, 4.69) is 10.3 Å². The Morgan fingerprint density at radius 3 is 2.72 bits per heavy atom. The lowest BCUT2D eigenvalue weighted by Crippen LogP contribution is -2.12. The van der Waals surface area contributed by atoms with Crippen molar-refractivity contribution in [3.63, 3.8) is 0 Å². The molecule has 0 saturated heterocycles. The fourth-order valence-electron chi connectivity index (χ4n) is 3.16. The number of aromatic nitrogens is 2. The molecule has 5 rings (SSSR count). The Morgan fingerprint density at radius 2 is 1.90 bits per heavy atom. The molecule has 5 aromatic rings. The Kier molecular flexibility index (Phi) is 4.46. The van der Waals surface area contributed by atoms with Crippen LogP contribution in [-0.4, -0.2) is 23.0 Å². The van der Waals surface area contributed by atoms with Crippen LogP contribution in [0, 0.1) is 0 Å². The van der Waals surface area contributed by atoms with Gasteiger partial charge in [-0.05, 0) is 41.8 Å². The second-order valence-corrected chi connectivity index (χ2v) is 8.33. The number of hydrogen-bond donors (Lipinski definition) is 1. The van der Waals surface area contributed by atoms with Crippen LogP contribution in [0.5, 0.6) is 5.75 Å². The van der Waals surface area contributed by atoms with Gasteiger partial charge in [0.15, 0.2) is 5.13 Å². The standard InChI is InChI=1S/C22H15N3O2S2/c1-27-13-8-9-17-20(11-13)29-22(24-17)25-21(26)15-12-18(19-7-4-10-28-19)23-16-6-3-2-5-14(15)16/h2-12H,1H3,(H,24,25,26). The maximum Gasteiger partial charge on any atom is 0.258 e. The smallest absolute Gasteiger partial charge is 0.258 e. The Balaban J connectivity index is 1.55. The monoisotopic (exact) mass is 417 g/mol. The molecule has 0 aliphatic carbocycles. The molecule has 7 heteroatoms. The highest BCUT2D eigenvalue weighted by atomic mass is 32.1. The number of benzene rings is 2. The van der Waals surface area contributed by atoms with Crippen LogP contribution < -0.4 is 10.1 Å². The summed E-state index contributed by atoms with van der Waals surface area (Å²) in [5, 5.41) is 6.32. The van der Waals surface area contributed by atoms with Crippen molar-refractivity contribution in [1.29, 1.82) is 0 Å². The second-order valence-electron chi connectivity index (χ2n) is 6.36. The van der Waals surface area contributed by atoms with Gasteiger partial charge in [-0.15, -0.1) is 11.3 Å². The Hall–Kier alpha value is -3.29. The van der Waals surface area contributed by atoms with Crippen molar-refractivity contribution < 1.29 is 9.53 Å². The molecule has 3 aromatic heterocycles. The zero-order chi connectivity index (χ0) is 19.8. The summed E-state index contributed by atoms with van der Waals surface area (Å²) >= 11 is 3.02. The van der Waals surface area contributed by atoms with Gasteiger partial charge in [0.05, 0.1) is 39.0 Å². The fraction of sp³-hybridized carbons (Fsp3) is 0.0455. The minimum absolute atomic E-state index is 0.201. The molecule has 2 aromatic carbocycles. The molecule has 0 atom stereocenters. The molecule has 0 fully saturated rings. The van der Waals surface area contributed by atoms with Gasteiger partial charge in [-0.3, -0.25) is 10.1 Å². The van der Waals surface area contributed by atoms with Gasteiger partial charge in [0.25, 0.3) is 5.91 Å². The van der Waals surface area contributed by atoms with Gasteiger partial charge >= 0.3 is 0 Å². The number of rotatable bonds is 4. The van der Waals surface area contributed by atoms with E-state index in [4.69, 9.17) is 9.72 Å². The molecule has 0 unspecified atom stereocenters. The number of methoxy groups -OCH3 is 1. The van der Waals surface area contributed by atoms with E-state index in [0.29, 0.717) is 10.7 Å². The van der Waals surface area contributed by atoms with E-state index < -0.39 is 0 Å². The third-order valence-corrected chi connectivity index (χ3v) is 6.38. The molecule has 5 nitrogen and oxygen atoms in total. The predicted octanol–water partition coefficient (Wildman–Crippen LogP) is 5.83. The molecule has 142 valence electrons. The van der Waals surface area contributed by atoms with Gasteiger partial charge in [0.1, 0.15) is 5.75 Å². The Bertz CT molecular complexity index is 1340. The van der Waals surface area contributed by atoms with Gasteiger partial charge in [0.2, 0.25) is 0 Å². The van der Waals surface area contributed by atoms with Gasteiger partial charge in [0, 0.05) is 5.39 Å². The number of pyridine rings is 1. The van der Waals surface area contributed by atoms with Crippen molar-refractivity contribution in [2.24, 2.45) is 0 Å². The molecule has 3 heterocycles. The number of para-hydroxylation sites is 1. The molecule has 0 spiro atoms. The maximum absolute atomic E-state index is 13.2. The zero-order valence-electron chi connectivity index (χ0n) is 15.4.